The van der Waals surface area contributed by atoms with Gasteiger partial charge in [-0.05, 0) is 41.0 Å². The zero-order chi connectivity index (χ0) is 17.8. The fraction of sp³-hybridized carbons (Fsp3) is 0.263. The summed E-state index contributed by atoms with van der Waals surface area (Å²) in [5, 5.41) is 12.2. The number of carbonyl (C=O) groups is 2. The molecule has 0 aromatic heterocycles. The summed E-state index contributed by atoms with van der Waals surface area (Å²) in [6.45, 7) is 0.992. The van der Waals surface area contributed by atoms with Gasteiger partial charge in [0.2, 0.25) is 0 Å². The summed E-state index contributed by atoms with van der Waals surface area (Å²) in [4.78, 5) is 23.3. The number of carboxylic acid groups (broad SMARTS) is 1. The molecule has 0 amide bonds. The number of hydrogen-bond acceptors (Lipinski definition) is 5. The van der Waals surface area contributed by atoms with Gasteiger partial charge in [-0.15, -0.1) is 0 Å². The molecule has 1 unspecified atom stereocenters. The second-order valence-electron chi connectivity index (χ2n) is 5.81. The Labute approximate surface area is 145 Å². The highest BCUT2D eigenvalue weighted by Crippen LogP contribution is 2.28. The molecule has 1 aliphatic heterocycles. The van der Waals surface area contributed by atoms with Crippen LogP contribution in [0.3, 0.4) is 0 Å². The summed E-state index contributed by atoms with van der Waals surface area (Å²) in [6.07, 6.45) is 0.817. The number of carboxylic acids is 1. The number of aromatic carboxylic acids is 1. The summed E-state index contributed by atoms with van der Waals surface area (Å²) in [6, 6.07) is 11.6. The maximum Gasteiger partial charge on any atom is 0.335 e. The quantitative estimate of drug-likeness (QED) is 0.785. The van der Waals surface area contributed by atoms with Crippen molar-refractivity contribution in [1.29, 1.82) is 0 Å². The predicted octanol–water partition coefficient (Wildman–Crippen LogP) is 2.32. The van der Waals surface area contributed by atoms with Gasteiger partial charge in [-0.25, -0.2) is 9.59 Å². The van der Waals surface area contributed by atoms with Gasteiger partial charge in [0.05, 0.1) is 19.3 Å². The van der Waals surface area contributed by atoms with Crippen LogP contribution in [0.1, 0.15) is 33.1 Å². The third-order valence-electron chi connectivity index (χ3n) is 4.17. The van der Waals surface area contributed by atoms with Crippen molar-refractivity contribution in [3.05, 3.63) is 64.7 Å². The summed E-state index contributed by atoms with van der Waals surface area (Å²) in [5.41, 5.74) is 2.86. The van der Waals surface area contributed by atoms with Gasteiger partial charge in [-0.3, -0.25) is 5.32 Å². The maximum atomic E-state index is 12.2. The number of hydrogen-bond donors (Lipinski definition) is 2. The highest BCUT2D eigenvalue weighted by Gasteiger charge is 2.23. The fourth-order valence-corrected chi connectivity index (χ4v) is 2.88. The number of carbonyl (C=O) groups excluding carboxylic acids is 1. The molecule has 2 N–H and O–H groups in total. The van der Waals surface area contributed by atoms with Crippen LogP contribution in [0.2, 0.25) is 0 Å². The molecule has 1 atom stereocenters. The van der Waals surface area contributed by atoms with E-state index in [1.807, 2.05) is 24.3 Å². The topological polar surface area (TPSA) is 84.9 Å². The minimum absolute atomic E-state index is 0.212. The number of fused-ring (bicyclic) bond motifs is 1. The van der Waals surface area contributed by atoms with E-state index in [2.05, 4.69) is 5.32 Å². The van der Waals surface area contributed by atoms with Gasteiger partial charge in [0.25, 0.3) is 0 Å². The lowest BCUT2D eigenvalue weighted by Gasteiger charge is -2.18. The molecular formula is C19H19NO5. The number of ether oxygens (including phenoxy) is 2. The molecule has 1 aliphatic rings. The van der Waals surface area contributed by atoms with Crippen LogP contribution in [0.25, 0.3) is 0 Å². The number of benzene rings is 2. The van der Waals surface area contributed by atoms with E-state index in [1.54, 1.807) is 12.1 Å². The lowest BCUT2D eigenvalue weighted by molar-refractivity contribution is -0.143. The van der Waals surface area contributed by atoms with E-state index in [9.17, 15) is 9.59 Å². The highest BCUT2D eigenvalue weighted by atomic mass is 16.5. The molecule has 25 heavy (non-hydrogen) atoms. The van der Waals surface area contributed by atoms with Crippen LogP contribution in [0.4, 0.5) is 0 Å². The van der Waals surface area contributed by atoms with Crippen molar-refractivity contribution >= 4 is 11.9 Å². The van der Waals surface area contributed by atoms with Gasteiger partial charge in [0, 0.05) is 13.0 Å². The molecule has 6 nitrogen and oxygen atoms in total. The molecule has 0 saturated heterocycles. The Morgan fingerprint density at radius 1 is 1.28 bits per heavy atom. The molecule has 0 radical (unpaired) electrons. The van der Waals surface area contributed by atoms with E-state index < -0.39 is 18.0 Å². The lowest BCUT2D eigenvalue weighted by atomic mass is 10.0. The van der Waals surface area contributed by atoms with E-state index in [4.69, 9.17) is 14.6 Å². The monoisotopic (exact) mass is 341 g/mol. The van der Waals surface area contributed by atoms with Crippen LogP contribution < -0.4 is 10.1 Å². The number of esters is 1. The number of methoxy groups -OCH3 is 1. The molecule has 2 aromatic carbocycles. The first-order valence-corrected chi connectivity index (χ1v) is 7.97. The van der Waals surface area contributed by atoms with Gasteiger partial charge in [0.1, 0.15) is 11.8 Å². The number of rotatable bonds is 6. The second-order valence-corrected chi connectivity index (χ2v) is 5.81. The van der Waals surface area contributed by atoms with Crippen LogP contribution in [-0.2, 0) is 22.5 Å². The average Bonchev–Trinajstić information content (AvgIpc) is 3.09. The molecule has 2 aromatic rings. The van der Waals surface area contributed by atoms with Crippen LogP contribution in [0, 0.1) is 0 Å². The van der Waals surface area contributed by atoms with Gasteiger partial charge < -0.3 is 14.6 Å². The van der Waals surface area contributed by atoms with Crippen LogP contribution >= 0.6 is 0 Å². The predicted molar refractivity (Wildman–Crippen MR) is 90.6 cm³/mol. The Morgan fingerprint density at radius 2 is 2.12 bits per heavy atom. The van der Waals surface area contributed by atoms with E-state index in [0.29, 0.717) is 13.2 Å². The van der Waals surface area contributed by atoms with Gasteiger partial charge in [-0.2, -0.15) is 0 Å². The summed E-state index contributed by atoms with van der Waals surface area (Å²) >= 11 is 0. The Hall–Kier alpha value is -2.86. The summed E-state index contributed by atoms with van der Waals surface area (Å²) < 4.78 is 10.4. The average molecular weight is 341 g/mol. The van der Waals surface area contributed by atoms with Crippen molar-refractivity contribution in [1.82, 2.24) is 5.32 Å². The van der Waals surface area contributed by atoms with E-state index in [1.165, 1.54) is 13.2 Å². The molecule has 0 saturated carbocycles. The maximum absolute atomic E-state index is 12.2. The van der Waals surface area contributed by atoms with Crippen LogP contribution in [-0.4, -0.2) is 30.8 Å². The number of nitrogens with one attached hydrogen (secondary N) is 1. The summed E-state index contributed by atoms with van der Waals surface area (Å²) in [7, 11) is 1.35. The second kappa shape index (κ2) is 7.36. The zero-order valence-corrected chi connectivity index (χ0v) is 13.8. The van der Waals surface area contributed by atoms with Crippen molar-refractivity contribution in [2.45, 2.75) is 19.0 Å². The van der Waals surface area contributed by atoms with Gasteiger partial charge in [0.15, 0.2) is 0 Å². The minimum Gasteiger partial charge on any atom is -0.493 e. The summed E-state index contributed by atoms with van der Waals surface area (Å²) in [5.74, 6) is -0.528. The molecule has 3 rings (SSSR count). The van der Waals surface area contributed by atoms with E-state index in [-0.39, 0.29) is 5.56 Å². The van der Waals surface area contributed by atoms with Crippen LogP contribution in [0.5, 0.6) is 5.75 Å². The molecule has 130 valence electrons. The Balaban J connectivity index is 1.79. The molecule has 0 fully saturated rings. The fourth-order valence-electron chi connectivity index (χ4n) is 2.88. The Bertz CT molecular complexity index is 802. The highest BCUT2D eigenvalue weighted by molar-refractivity contribution is 5.87. The zero-order valence-electron chi connectivity index (χ0n) is 13.8. The lowest BCUT2D eigenvalue weighted by Crippen LogP contribution is -2.29. The molecule has 0 bridgehead atoms. The third-order valence-corrected chi connectivity index (χ3v) is 4.17. The first-order valence-electron chi connectivity index (χ1n) is 7.97. The molecule has 0 spiro atoms. The van der Waals surface area contributed by atoms with Crippen LogP contribution in [0.15, 0.2) is 42.5 Å². The Kier molecular flexibility index (Phi) is 5.00. The van der Waals surface area contributed by atoms with Crippen molar-refractivity contribution in [3.63, 3.8) is 0 Å². The van der Waals surface area contributed by atoms with Crippen molar-refractivity contribution in [2.24, 2.45) is 0 Å². The first-order chi connectivity index (χ1) is 12.1. The first kappa shape index (κ1) is 17.0. The smallest absolute Gasteiger partial charge is 0.335 e. The standard InChI is InChI=1S/C19H19NO5/c1-24-19(23)17(14-5-6-16-13(10-14)7-8-25-16)20-11-12-3-2-4-15(9-12)18(21)22/h2-6,9-10,17,20H,7-8,11H2,1H3,(H,21,22). The van der Waals surface area contributed by atoms with E-state index >= 15 is 0 Å². The van der Waals surface area contributed by atoms with Crippen molar-refractivity contribution in [2.75, 3.05) is 13.7 Å². The van der Waals surface area contributed by atoms with Crippen molar-refractivity contribution < 1.29 is 24.2 Å². The Morgan fingerprint density at radius 3 is 2.88 bits per heavy atom. The molecule has 1 heterocycles. The normalized spacial score (nSPS) is 13.6. The molecular weight excluding hydrogens is 322 g/mol. The third kappa shape index (κ3) is 3.80. The molecule has 0 aliphatic carbocycles. The van der Waals surface area contributed by atoms with Crippen molar-refractivity contribution in [3.8, 4) is 5.75 Å². The van der Waals surface area contributed by atoms with Gasteiger partial charge in [-0.1, -0.05) is 18.2 Å². The van der Waals surface area contributed by atoms with Gasteiger partial charge >= 0.3 is 11.9 Å². The minimum atomic E-state index is -0.981. The molecule has 6 heteroatoms. The SMILES string of the molecule is COC(=O)C(NCc1cccc(C(=O)O)c1)c1ccc2c(c1)CCO2. The largest absolute Gasteiger partial charge is 0.493 e. The van der Waals surface area contributed by atoms with E-state index in [0.717, 1.165) is 28.9 Å².